The van der Waals surface area contributed by atoms with Crippen molar-refractivity contribution in [1.82, 2.24) is 9.80 Å². The van der Waals surface area contributed by atoms with Crippen LogP contribution in [0.15, 0.2) is 30.3 Å². The quantitative estimate of drug-likeness (QED) is 0.761. The number of hydrogen-bond donors (Lipinski definition) is 0. The maximum absolute atomic E-state index is 13.0. The van der Waals surface area contributed by atoms with E-state index >= 15 is 0 Å². The van der Waals surface area contributed by atoms with E-state index in [1.54, 1.807) is 4.90 Å². The van der Waals surface area contributed by atoms with Crippen molar-refractivity contribution in [3.05, 3.63) is 35.9 Å². The maximum atomic E-state index is 13.0. The Balaban J connectivity index is 1.63. The Kier molecular flexibility index (Phi) is 6.04. The molecule has 7 nitrogen and oxygen atoms in total. The summed E-state index contributed by atoms with van der Waals surface area (Å²) in [7, 11) is -3.08. The van der Waals surface area contributed by atoms with E-state index in [-0.39, 0.29) is 30.1 Å². The van der Waals surface area contributed by atoms with Gasteiger partial charge in [-0.05, 0) is 31.7 Å². The van der Waals surface area contributed by atoms with Gasteiger partial charge in [-0.25, -0.2) is 13.2 Å². The highest BCUT2D eigenvalue weighted by Crippen LogP contribution is 2.24. The molecule has 2 amide bonds. The van der Waals surface area contributed by atoms with E-state index in [1.165, 1.54) is 4.90 Å². The average molecular weight is 394 g/mol. The van der Waals surface area contributed by atoms with Crippen molar-refractivity contribution in [2.24, 2.45) is 0 Å². The van der Waals surface area contributed by atoms with Crippen LogP contribution in [0.4, 0.5) is 4.79 Å². The fourth-order valence-corrected chi connectivity index (χ4v) is 5.58. The van der Waals surface area contributed by atoms with Crippen molar-refractivity contribution >= 4 is 21.8 Å². The number of amides is 2. The highest BCUT2D eigenvalue weighted by molar-refractivity contribution is 7.91. The fourth-order valence-electron chi connectivity index (χ4n) is 3.85. The smallest absolute Gasteiger partial charge is 0.410 e. The summed E-state index contributed by atoms with van der Waals surface area (Å²) in [5.74, 6) is -0.0408. The summed E-state index contributed by atoms with van der Waals surface area (Å²) < 4.78 is 28.9. The van der Waals surface area contributed by atoms with Crippen LogP contribution < -0.4 is 0 Å². The summed E-state index contributed by atoms with van der Waals surface area (Å²) in [5.41, 5.74) is 0.888. The molecule has 8 heteroatoms. The van der Waals surface area contributed by atoms with Gasteiger partial charge in [-0.15, -0.1) is 0 Å². The third kappa shape index (κ3) is 4.61. The highest BCUT2D eigenvalue weighted by atomic mass is 32.2. The van der Waals surface area contributed by atoms with Gasteiger partial charge in [0.15, 0.2) is 9.84 Å². The molecule has 0 spiro atoms. The van der Waals surface area contributed by atoms with Crippen molar-refractivity contribution in [3.8, 4) is 0 Å². The van der Waals surface area contributed by atoms with E-state index in [1.807, 2.05) is 37.3 Å². The molecular formula is C19H26N2O5S. The Morgan fingerprint density at radius 1 is 1.22 bits per heavy atom. The first kappa shape index (κ1) is 19.7. The Labute approximate surface area is 160 Å². The highest BCUT2D eigenvalue weighted by Gasteiger charge is 2.41. The van der Waals surface area contributed by atoms with E-state index in [0.29, 0.717) is 25.9 Å². The molecule has 3 rings (SSSR count). The number of ether oxygens (including phenoxy) is 1. The largest absolute Gasteiger partial charge is 0.445 e. The van der Waals surface area contributed by atoms with Gasteiger partial charge >= 0.3 is 6.09 Å². The number of rotatable bonds is 5. The van der Waals surface area contributed by atoms with E-state index in [4.69, 9.17) is 4.74 Å². The molecule has 1 aromatic rings. The minimum atomic E-state index is -3.08. The van der Waals surface area contributed by atoms with Gasteiger partial charge in [0.2, 0.25) is 5.91 Å². The normalized spacial score (nSPS) is 24.0. The molecule has 2 aliphatic heterocycles. The number of sulfone groups is 1. The lowest BCUT2D eigenvalue weighted by Crippen LogP contribution is -2.51. The molecule has 148 valence electrons. The van der Waals surface area contributed by atoms with Gasteiger partial charge in [0.25, 0.3) is 0 Å². The molecule has 2 atom stereocenters. The minimum Gasteiger partial charge on any atom is -0.445 e. The topological polar surface area (TPSA) is 84.0 Å². The second kappa shape index (κ2) is 8.29. The van der Waals surface area contributed by atoms with Gasteiger partial charge in [-0.2, -0.15) is 0 Å². The van der Waals surface area contributed by atoms with E-state index in [2.05, 4.69) is 0 Å². The van der Waals surface area contributed by atoms with Crippen molar-refractivity contribution in [2.75, 3.05) is 24.6 Å². The molecule has 0 saturated carbocycles. The zero-order valence-electron chi connectivity index (χ0n) is 15.5. The molecule has 2 saturated heterocycles. The van der Waals surface area contributed by atoms with Crippen LogP contribution in [0, 0.1) is 0 Å². The number of likely N-dealkylation sites (N-methyl/N-ethyl adjacent to an activating group) is 1. The Morgan fingerprint density at radius 2 is 1.96 bits per heavy atom. The maximum Gasteiger partial charge on any atom is 0.410 e. The van der Waals surface area contributed by atoms with E-state index in [9.17, 15) is 18.0 Å². The number of benzene rings is 1. The number of nitrogens with zero attached hydrogens (tertiary/aromatic N) is 2. The summed E-state index contributed by atoms with van der Waals surface area (Å²) in [6, 6.07) is 8.52. The molecule has 0 aromatic heterocycles. The number of carbonyl (C=O) groups is 2. The molecular weight excluding hydrogens is 368 g/mol. The second-order valence-corrected chi connectivity index (χ2v) is 9.30. The lowest BCUT2D eigenvalue weighted by molar-refractivity contribution is -0.137. The molecule has 2 aliphatic rings. The third-order valence-electron chi connectivity index (χ3n) is 5.25. The predicted molar refractivity (Wildman–Crippen MR) is 101 cm³/mol. The third-order valence-corrected chi connectivity index (χ3v) is 7.00. The SMILES string of the molecule is CCN(C(=O)C1CCCN1C(=O)OCc1ccccc1)C1CCS(=O)(=O)C1. The number of carbonyl (C=O) groups excluding carboxylic acids is 2. The summed E-state index contributed by atoms with van der Waals surface area (Å²) in [4.78, 5) is 28.7. The zero-order chi connectivity index (χ0) is 19.4. The fraction of sp³-hybridized carbons (Fsp3) is 0.579. The van der Waals surface area contributed by atoms with Crippen molar-refractivity contribution in [1.29, 1.82) is 0 Å². The van der Waals surface area contributed by atoms with Crippen molar-refractivity contribution < 1.29 is 22.7 Å². The van der Waals surface area contributed by atoms with Crippen LogP contribution in [0.1, 0.15) is 31.7 Å². The number of likely N-dealkylation sites (tertiary alicyclic amines) is 1. The molecule has 0 N–H and O–H groups in total. The molecule has 0 radical (unpaired) electrons. The van der Waals surface area contributed by atoms with Gasteiger partial charge in [-0.3, -0.25) is 9.69 Å². The van der Waals surface area contributed by atoms with Crippen LogP contribution in [0.3, 0.4) is 0 Å². The lowest BCUT2D eigenvalue weighted by Gasteiger charge is -2.32. The van der Waals surface area contributed by atoms with E-state index < -0.39 is 22.0 Å². The molecule has 2 fully saturated rings. The summed E-state index contributed by atoms with van der Waals surface area (Å²) in [6.07, 6.45) is 1.28. The molecule has 0 bridgehead atoms. The number of hydrogen-bond acceptors (Lipinski definition) is 5. The van der Waals surface area contributed by atoms with Gasteiger partial charge in [-0.1, -0.05) is 30.3 Å². The molecule has 1 aromatic carbocycles. The predicted octanol–water partition coefficient (Wildman–Crippen LogP) is 1.82. The van der Waals surface area contributed by atoms with Gasteiger partial charge < -0.3 is 9.64 Å². The molecule has 27 heavy (non-hydrogen) atoms. The first-order valence-electron chi connectivity index (χ1n) is 9.39. The van der Waals surface area contributed by atoms with Crippen LogP contribution in [0.25, 0.3) is 0 Å². The molecule has 2 heterocycles. The van der Waals surface area contributed by atoms with E-state index in [0.717, 1.165) is 12.0 Å². The van der Waals surface area contributed by atoms with Crippen LogP contribution in [-0.4, -0.2) is 66.9 Å². The minimum absolute atomic E-state index is 0.0117. The second-order valence-electron chi connectivity index (χ2n) is 7.07. The summed E-state index contributed by atoms with van der Waals surface area (Å²) in [6.45, 7) is 2.91. The van der Waals surface area contributed by atoms with Crippen molar-refractivity contribution in [2.45, 2.75) is 44.9 Å². The lowest BCUT2D eigenvalue weighted by atomic mass is 10.1. The first-order valence-corrected chi connectivity index (χ1v) is 11.2. The first-order chi connectivity index (χ1) is 12.9. The standard InChI is InChI=1S/C19H26N2O5S/c1-2-20(16-10-12-27(24,25)14-16)18(22)17-9-6-11-21(17)19(23)26-13-15-7-4-3-5-8-15/h3-5,7-8,16-17H,2,6,9-14H2,1H3. The van der Waals surface area contributed by atoms with Crippen LogP contribution >= 0.6 is 0 Å². The molecule has 2 unspecified atom stereocenters. The Bertz CT molecular complexity index is 781. The van der Waals surface area contributed by atoms with Crippen LogP contribution in [0.2, 0.25) is 0 Å². The Hall–Kier alpha value is -2.09. The van der Waals surface area contributed by atoms with Crippen molar-refractivity contribution in [3.63, 3.8) is 0 Å². The molecule has 0 aliphatic carbocycles. The van der Waals surface area contributed by atoms with Gasteiger partial charge in [0.1, 0.15) is 12.6 Å². The van der Waals surface area contributed by atoms with Gasteiger partial charge in [0.05, 0.1) is 11.5 Å². The summed E-state index contributed by atoms with van der Waals surface area (Å²) in [5, 5.41) is 0. The average Bonchev–Trinajstić information content (AvgIpc) is 3.28. The summed E-state index contributed by atoms with van der Waals surface area (Å²) >= 11 is 0. The Morgan fingerprint density at radius 3 is 2.59 bits per heavy atom. The van der Waals surface area contributed by atoms with Crippen LogP contribution in [0.5, 0.6) is 0 Å². The zero-order valence-corrected chi connectivity index (χ0v) is 16.4. The monoisotopic (exact) mass is 394 g/mol. The van der Waals surface area contributed by atoms with Crippen LogP contribution in [-0.2, 0) is 26.0 Å². The van der Waals surface area contributed by atoms with Gasteiger partial charge in [0, 0.05) is 19.1 Å².